The molecule has 0 amide bonds. The number of rotatable bonds is 8. The van der Waals surface area contributed by atoms with Gasteiger partial charge in [0.05, 0.1) is 6.54 Å². The van der Waals surface area contributed by atoms with Crippen molar-refractivity contribution in [2.24, 2.45) is 4.99 Å². The fraction of sp³-hybridized carbons (Fsp3) is 0.550. The summed E-state index contributed by atoms with van der Waals surface area (Å²) in [5.41, 5.74) is 2.58. The van der Waals surface area contributed by atoms with Crippen LogP contribution in [-0.4, -0.2) is 40.4 Å². The first-order chi connectivity index (χ1) is 12.5. The zero-order chi connectivity index (χ0) is 19.0. The third kappa shape index (κ3) is 5.58. The van der Waals surface area contributed by atoms with Crippen molar-refractivity contribution in [2.45, 2.75) is 53.0 Å². The van der Waals surface area contributed by atoms with Crippen molar-refractivity contribution in [3.63, 3.8) is 0 Å². The van der Waals surface area contributed by atoms with Gasteiger partial charge in [-0.3, -0.25) is 4.99 Å². The molecule has 0 aliphatic carbocycles. The van der Waals surface area contributed by atoms with Gasteiger partial charge in [-0.1, -0.05) is 50.6 Å². The fourth-order valence-corrected chi connectivity index (χ4v) is 2.81. The van der Waals surface area contributed by atoms with E-state index in [1.165, 1.54) is 11.1 Å². The van der Waals surface area contributed by atoms with Gasteiger partial charge in [-0.2, -0.15) is 0 Å². The molecule has 1 aromatic heterocycles. The lowest BCUT2D eigenvalue weighted by atomic mass is 9.84. The number of hydrogen-bond donors (Lipinski definition) is 2. The summed E-state index contributed by atoms with van der Waals surface area (Å²) in [5.74, 6) is 1.86. The van der Waals surface area contributed by atoms with E-state index in [4.69, 9.17) is 4.99 Å². The van der Waals surface area contributed by atoms with Gasteiger partial charge < -0.3 is 15.2 Å². The van der Waals surface area contributed by atoms with Crippen molar-refractivity contribution >= 4 is 5.96 Å². The van der Waals surface area contributed by atoms with Gasteiger partial charge in [0.1, 0.15) is 12.2 Å². The van der Waals surface area contributed by atoms with Gasteiger partial charge in [-0.05, 0) is 19.4 Å². The molecule has 0 fully saturated rings. The Labute approximate surface area is 157 Å². The fourth-order valence-electron chi connectivity index (χ4n) is 2.81. The first-order valence-corrected chi connectivity index (χ1v) is 9.42. The van der Waals surface area contributed by atoms with Gasteiger partial charge in [-0.15, -0.1) is 10.2 Å². The van der Waals surface area contributed by atoms with Gasteiger partial charge >= 0.3 is 0 Å². The Morgan fingerprint density at radius 3 is 2.73 bits per heavy atom. The van der Waals surface area contributed by atoms with Crippen LogP contribution in [0.5, 0.6) is 0 Å². The Morgan fingerprint density at radius 2 is 2.04 bits per heavy atom. The van der Waals surface area contributed by atoms with Gasteiger partial charge in [0, 0.05) is 31.5 Å². The summed E-state index contributed by atoms with van der Waals surface area (Å²) in [6.45, 7) is 13.9. The highest BCUT2D eigenvalue weighted by molar-refractivity contribution is 5.79. The zero-order valence-corrected chi connectivity index (χ0v) is 16.7. The lowest BCUT2D eigenvalue weighted by molar-refractivity contribution is 0.536. The molecule has 6 heteroatoms. The predicted molar refractivity (Wildman–Crippen MR) is 108 cm³/mol. The molecule has 0 bridgehead atoms. The maximum atomic E-state index is 4.81. The summed E-state index contributed by atoms with van der Waals surface area (Å²) >= 11 is 0. The van der Waals surface area contributed by atoms with E-state index in [2.05, 4.69) is 84.3 Å². The number of nitrogens with zero attached hydrogens (tertiary/aromatic N) is 4. The normalized spacial score (nSPS) is 12.3. The molecule has 1 aromatic carbocycles. The second-order valence-electron chi connectivity index (χ2n) is 7.17. The molecular formula is C20H32N6. The van der Waals surface area contributed by atoms with Crippen LogP contribution >= 0.6 is 0 Å². The molecule has 2 N–H and O–H groups in total. The minimum absolute atomic E-state index is 0.0159. The molecule has 0 unspecified atom stereocenters. The Hall–Kier alpha value is -2.37. The number of guanidine groups is 1. The van der Waals surface area contributed by atoms with Crippen molar-refractivity contribution in [3.8, 4) is 0 Å². The second-order valence-corrected chi connectivity index (χ2v) is 7.17. The van der Waals surface area contributed by atoms with Crippen molar-refractivity contribution in [2.75, 3.05) is 19.6 Å². The van der Waals surface area contributed by atoms with Crippen LogP contribution in [0.25, 0.3) is 0 Å². The van der Waals surface area contributed by atoms with Crippen LogP contribution in [0.3, 0.4) is 0 Å². The molecule has 142 valence electrons. The van der Waals surface area contributed by atoms with Crippen molar-refractivity contribution in [1.82, 2.24) is 25.4 Å². The van der Waals surface area contributed by atoms with Crippen molar-refractivity contribution in [1.29, 1.82) is 0 Å². The van der Waals surface area contributed by atoms with Gasteiger partial charge in [0.15, 0.2) is 5.96 Å². The Morgan fingerprint density at radius 1 is 1.23 bits per heavy atom. The largest absolute Gasteiger partial charge is 0.357 e. The van der Waals surface area contributed by atoms with Crippen LogP contribution < -0.4 is 10.6 Å². The van der Waals surface area contributed by atoms with Gasteiger partial charge in [-0.25, -0.2) is 0 Å². The third-order valence-electron chi connectivity index (χ3n) is 4.43. The highest BCUT2D eigenvalue weighted by Gasteiger charge is 2.20. The summed E-state index contributed by atoms with van der Waals surface area (Å²) in [5, 5.41) is 14.8. The minimum atomic E-state index is -0.0159. The topological polar surface area (TPSA) is 67.1 Å². The second kappa shape index (κ2) is 9.36. The number of hydrogen-bond acceptors (Lipinski definition) is 3. The van der Waals surface area contributed by atoms with Crippen molar-refractivity contribution in [3.05, 3.63) is 47.5 Å². The molecule has 0 radical (unpaired) electrons. The molecule has 0 atom stereocenters. The average Bonchev–Trinajstić information content (AvgIpc) is 3.07. The van der Waals surface area contributed by atoms with E-state index in [1.807, 2.05) is 0 Å². The SMILES string of the molecule is CCNC(=NCC(C)(C)c1cccc(C)c1)NCCn1cnnc1CC. The summed E-state index contributed by atoms with van der Waals surface area (Å²) < 4.78 is 2.08. The molecule has 26 heavy (non-hydrogen) atoms. The summed E-state index contributed by atoms with van der Waals surface area (Å²) in [6, 6.07) is 8.67. The standard InChI is InChI=1S/C20H32N6/c1-6-18-25-24-15-26(18)12-11-22-19(21-7-2)23-14-20(4,5)17-10-8-9-16(3)13-17/h8-10,13,15H,6-7,11-12,14H2,1-5H3,(H2,21,22,23). The van der Waals surface area contributed by atoms with E-state index >= 15 is 0 Å². The van der Waals surface area contributed by atoms with E-state index < -0.39 is 0 Å². The number of aliphatic imine (C=N–C) groups is 1. The van der Waals surface area contributed by atoms with Crippen LogP contribution in [0.4, 0.5) is 0 Å². The van der Waals surface area contributed by atoms with E-state index in [-0.39, 0.29) is 5.41 Å². The predicted octanol–water partition coefficient (Wildman–Crippen LogP) is 2.68. The van der Waals surface area contributed by atoms with Gasteiger partial charge in [0.25, 0.3) is 0 Å². The molecule has 1 heterocycles. The molecule has 6 nitrogen and oxygen atoms in total. The molecule has 0 aliphatic heterocycles. The molecule has 0 aliphatic rings. The van der Waals surface area contributed by atoms with Crippen LogP contribution in [0, 0.1) is 6.92 Å². The molecule has 0 saturated carbocycles. The van der Waals surface area contributed by atoms with E-state index in [0.29, 0.717) is 0 Å². The minimum Gasteiger partial charge on any atom is -0.357 e. The first kappa shape index (κ1) is 19.9. The monoisotopic (exact) mass is 356 g/mol. The third-order valence-corrected chi connectivity index (χ3v) is 4.43. The quantitative estimate of drug-likeness (QED) is 0.564. The maximum absolute atomic E-state index is 4.81. The van der Waals surface area contributed by atoms with E-state index in [0.717, 1.165) is 44.4 Å². The highest BCUT2D eigenvalue weighted by Crippen LogP contribution is 2.24. The highest BCUT2D eigenvalue weighted by atomic mass is 15.3. The maximum Gasteiger partial charge on any atom is 0.191 e. The summed E-state index contributed by atoms with van der Waals surface area (Å²) in [7, 11) is 0. The molecular weight excluding hydrogens is 324 g/mol. The molecule has 2 aromatic rings. The lowest BCUT2D eigenvalue weighted by Gasteiger charge is -2.24. The summed E-state index contributed by atoms with van der Waals surface area (Å²) in [6.07, 6.45) is 2.67. The van der Waals surface area contributed by atoms with Crippen LogP contribution in [0.15, 0.2) is 35.6 Å². The Kier molecular flexibility index (Phi) is 7.18. The van der Waals surface area contributed by atoms with Gasteiger partial charge in [0.2, 0.25) is 0 Å². The smallest absolute Gasteiger partial charge is 0.191 e. The number of nitrogens with one attached hydrogen (secondary N) is 2. The zero-order valence-electron chi connectivity index (χ0n) is 16.7. The average molecular weight is 357 g/mol. The molecule has 0 saturated heterocycles. The number of aromatic nitrogens is 3. The van der Waals surface area contributed by atoms with Crippen LogP contribution in [0.1, 0.15) is 44.6 Å². The molecule has 0 spiro atoms. The first-order valence-electron chi connectivity index (χ1n) is 9.42. The number of benzene rings is 1. The van der Waals surface area contributed by atoms with Crippen LogP contribution in [0.2, 0.25) is 0 Å². The summed E-state index contributed by atoms with van der Waals surface area (Å²) in [4.78, 5) is 4.81. The van der Waals surface area contributed by atoms with Crippen LogP contribution in [-0.2, 0) is 18.4 Å². The van der Waals surface area contributed by atoms with E-state index in [9.17, 15) is 0 Å². The number of aryl methyl sites for hydroxylation is 2. The molecule has 2 rings (SSSR count). The lowest BCUT2D eigenvalue weighted by Crippen LogP contribution is -2.40. The Balaban J connectivity index is 1.97. The van der Waals surface area contributed by atoms with Crippen molar-refractivity contribution < 1.29 is 0 Å². The van der Waals surface area contributed by atoms with E-state index in [1.54, 1.807) is 6.33 Å². The Bertz CT molecular complexity index is 717.